The molecule has 0 unspecified atom stereocenters. The number of hydrogen-bond acceptors (Lipinski definition) is 4. The van der Waals surface area contributed by atoms with E-state index in [4.69, 9.17) is 22.7 Å². The summed E-state index contributed by atoms with van der Waals surface area (Å²) in [6.45, 7) is 4.42. The van der Waals surface area contributed by atoms with E-state index in [9.17, 15) is 4.79 Å². The Hall–Kier alpha value is -1.56. The standard InChI is InChI=1S/C10H16ClN5O/c1-6(2)16(4-3-7(12)13)9-8(11)10(17)15-5-14-9/h5-6H,3-4H2,1-2H3,(H3,12,13)(H,14,15,17). The maximum Gasteiger partial charge on any atom is 0.271 e. The van der Waals surface area contributed by atoms with Gasteiger partial charge < -0.3 is 15.6 Å². The van der Waals surface area contributed by atoms with Crippen LogP contribution in [0.25, 0.3) is 0 Å². The quantitative estimate of drug-likeness (QED) is 0.540. The molecule has 1 heterocycles. The summed E-state index contributed by atoms with van der Waals surface area (Å²) >= 11 is 5.91. The summed E-state index contributed by atoms with van der Waals surface area (Å²) in [5.41, 5.74) is 4.95. The lowest BCUT2D eigenvalue weighted by atomic mass is 10.2. The maximum absolute atomic E-state index is 11.4. The fraction of sp³-hybridized carbons (Fsp3) is 0.500. The van der Waals surface area contributed by atoms with Crippen molar-refractivity contribution in [3.05, 3.63) is 21.7 Å². The first-order chi connectivity index (χ1) is 7.93. The van der Waals surface area contributed by atoms with Gasteiger partial charge in [-0.05, 0) is 13.8 Å². The number of amidine groups is 1. The monoisotopic (exact) mass is 257 g/mol. The van der Waals surface area contributed by atoms with Crippen LogP contribution in [0.4, 0.5) is 5.82 Å². The predicted octanol–water partition coefficient (Wildman–Crippen LogP) is 0.964. The molecule has 0 aliphatic carbocycles. The Morgan fingerprint density at radius 3 is 2.88 bits per heavy atom. The number of anilines is 1. The van der Waals surface area contributed by atoms with E-state index in [2.05, 4.69) is 9.97 Å². The Kier molecular flexibility index (Phi) is 4.51. The lowest BCUT2D eigenvalue weighted by Gasteiger charge is -2.27. The largest absolute Gasteiger partial charge is 0.388 e. The molecule has 0 saturated heterocycles. The van der Waals surface area contributed by atoms with E-state index >= 15 is 0 Å². The van der Waals surface area contributed by atoms with Crippen molar-refractivity contribution in [3.63, 3.8) is 0 Å². The molecule has 0 amide bonds. The average Bonchev–Trinajstić information content (AvgIpc) is 2.23. The van der Waals surface area contributed by atoms with Gasteiger partial charge in [-0.25, -0.2) is 4.98 Å². The van der Waals surface area contributed by atoms with Gasteiger partial charge in [0.15, 0.2) is 5.82 Å². The van der Waals surface area contributed by atoms with Gasteiger partial charge in [0.05, 0.1) is 12.2 Å². The molecule has 94 valence electrons. The fourth-order valence-corrected chi connectivity index (χ4v) is 1.64. The van der Waals surface area contributed by atoms with Gasteiger partial charge in [0.25, 0.3) is 5.56 Å². The second-order valence-corrected chi connectivity index (χ2v) is 4.31. The number of aromatic nitrogens is 2. The van der Waals surface area contributed by atoms with Crippen LogP contribution in [0.3, 0.4) is 0 Å². The Morgan fingerprint density at radius 1 is 1.71 bits per heavy atom. The van der Waals surface area contributed by atoms with Crippen molar-refractivity contribution in [2.45, 2.75) is 26.3 Å². The highest BCUT2D eigenvalue weighted by molar-refractivity contribution is 6.32. The second-order valence-electron chi connectivity index (χ2n) is 3.93. The number of nitrogens with two attached hydrogens (primary N) is 1. The minimum Gasteiger partial charge on any atom is -0.388 e. The molecule has 0 fully saturated rings. The molecule has 0 spiro atoms. The number of hydrogen-bond donors (Lipinski definition) is 3. The molecule has 17 heavy (non-hydrogen) atoms. The van der Waals surface area contributed by atoms with E-state index < -0.39 is 0 Å². The molecule has 1 rings (SSSR count). The molecular formula is C10H16ClN5O. The van der Waals surface area contributed by atoms with Crippen LogP contribution in [0.15, 0.2) is 11.1 Å². The normalized spacial score (nSPS) is 10.6. The van der Waals surface area contributed by atoms with E-state index in [0.717, 1.165) is 0 Å². The van der Waals surface area contributed by atoms with E-state index in [1.165, 1.54) is 6.33 Å². The second kappa shape index (κ2) is 5.67. The van der Waals surface area contributed by atoms with Crippen LogP contribution in [-0.2, 0) is 0 Å². The Morgan fingerprint density at radius 2 is 2.35 bits per heavy atom. The molecule has 0 atom stereocenters. The first-order valence-electron chi connectivity index (χ1n) is 5.26. The summed E-state index contributed by atoms with van der Waals surface area (Å²) in [4.78, 5) is 19.7. The van der Waals surface area contributed by atoms with Gasteiger partial charge in [-0.3, -0.25) is 10.2 Å². The predicted molar refractivity (Wildman–Crippen MR) is 68.9 cm³/mol. The van der Waals surface area contributed by atoms with Crippen molar-refractivity contribution in [1.82, 2.24) is 9.97 Å². The number of H-pyrrole nitrogens is 1. The van der Waals surface area contributed by atoms with Crippen LogP contribution >= 0.6 is 11.6 Å². The summed E-state index contributed by atoms with van der Waals surface area (Å²) in [6.07, 6.45) is 1.72. The zero-order chi connectivity index (χ0) is 13.0. The van der Waals surface area contributed by atoms with Gasteiger partial charge in [0, 0.05) is 19.0 Å². The number of nitrogens with zero attached hydrogens (tertiary/aromatic N) is 2. The molecular weight excluding hydrogens is 242 g/mol. The minimum atomic E-state index is -0.370. The van der Waals surface area contributed by atoms with Gasteiger partial charge >= 0.3 is 0 Å². The average molecular weight is 258 g/mol. The first-order valence-corrected chi connectivity index (χ1v) is 5.64. The number of halogens is 1. The number of rotatable bonds is 5. The van der Waals surface area contributed by atoms with Crippen LogP contribution < -0.4 is 16.2 Å². The first kappa shape index (κ1) is 13.5. The molecule has 6 nitrogen and oxygen atoms in total. The van der Waals surface area contributed by atoms with E-state index in [1.54, 1.807) is 0 Å². The van der Waals surface area contributed by atoms with Crippen LogP contribution in [0.5, 0.6) is 0 Å². The Bertz CT molecular complexity index is 456. The maximum atomic E-state index is 11.4. The van der Waals surface area contributed by atoms with Crippen molar-refractivity contribution in [1.29, 1.82) is 5.41 Å². The number of aromatic amines is 1. The molecule has 0 aliphatic rings. The van der Waals surface area contributed by atoms with Crippen LogP contribution in [0, 0.1) is 5.41 Å². The van der Waals surface area contributed by atoms with Crippen molar-refractivity contribution in [3.8, 4) is 0 Å². The van der Waals surface area contributed by atoms with Crippen molar-refractivity contribution in [2.24, 2.45) is 5.73 Å². The summed E-state index contributed by atoms with van der Waals surface area (Å²) in [5, 5.41) is 7.28. The smallest absolute Gasteiger partial charge is 0.271 e. The van der Waals surface area contributed by atoms with Gasteiger partial charge in [0.1, 0.15) is 5.02 Å². The summed E-state index contributed by atoms with van der Waals surface area (Å²) in [5.74, 6) is 0.517. The molecule has 0 aliphatic heterocycles. The summed E-state index contributed by atoms with van der Waals surface area (Å²) in [7, 11) is 0. The van der Waals surface area contributed by atoms with Crippen molar-refractivity contribution >= 4 is 23.3 Å². The van der Waals surface area contributed by atoms with E-state index in [-0.39, 0.29) is 22.5 Å². The third-order valence-electron chi connectivity index (χ3n) is 2.30. The topological polar surface area (TPSA) is 98.9 Å². The Balaban J connectivity index is 3.01. The highest BCUT2D eigenvalue weighted by atomic mass is 35.5. The fourth-order valence-electron chi connectivity index (χ4n) is 1.42. The Labute approximate surface area is 104 Å². The minimum absolute atomic E-state index is 0.0600. The molecule has 0 aromatic carbocycles. The molecule has 0 bridgehead atoms. The highest BCUT2D eigenvalue weighted by Crippen LogP contribution is 2.20. The lowest BCUT2D eigenvalue weighted by molar-refractivity contribution is 0.677. The van der Waals surface area contributed by atoms with Gasteiger partial charge in [-0.2, -0.15) is 0 Å². The van der Waals surface area contributed by atoms with E-state index in [1.807, 2.05) is 18.7 Å². The van der Waals surface area contributed by atoms with Crippen molar-refractivity contribution < 1.29 is 0 Å². The van der Waals surface area contributed by atoms with Crippen LogP contribution in [0.2, 0.25) is 5.02 Å². The molecule has 0 saturated carbocycles. The van der Waals surface area contributed by atoms with Gasteiger partial charge in [-0.1, -0.05) is 11.6 Å². The van der Waals surface area contributed by atoms with E-state index in [0.29, 0.717) is 18.8 Å². The summed E-state index contributed by atoms with van der Waals surface area (Å²) in [6, 6.07) is 0.112. The third-order valence-corrected chi connectivity index (χ3v) is 2.64. The molecule has 0 radical (unpaired) electrons. The molecule has 1 aromatic rings. The molecule has 4 N–H and O–H groups in total. The van der Waals surface area contributed by atoms with Crippen LogP contribution in [0.1, 0.15) is 20.3 Å². The van der Waals surface area contributed by atoms with Crippen LogP contribution in [-0.4, -0.2) is 28.4 Å². The SMILES string of the molecule is CC(C)N(CCC(=N)N)c1nc[nH]c(=O)c1Cl. The zero-order valence-electron chi connectivity index (χ0n) is 9.83. The zero-order valence-corrected chi connectivity index (χ0v) is 10.6. The number of nitrogens with one attached hydrogen (secondary N) is 2. The molecule has 7 heteroatoms. The van der Waals surface area contributed by atoms with Gasteiger partial charge in [0.2, 0.25) is 0 Å². The highest BCUT2D eigenvalue weighted by Gasteiger charge is 2.17. The van der Waals surface area contributed by atoms with Gasteiger partial charge in [-0.15, -0.1) is 0 Å². The van der Waals surface area contributed by atoms with Crippen molar-refractivity contribution in [2.75, 3.05) is 11.4 Å². The lowest BCUT2D eigenvalue weighted by Crippen LogP contribution is -2.35. The summed E-state index contributed by atoms with van der Waals surface area (Å²) < 4.78 is 0. The third kappa shape index (κ3) is 3.45. The molecule has 1 aromatic heterocycles.